The summed E-state index contributed by atoms with van der Waals surface area (Å²) < 4.78 is 0. The van der Waals surface area contributed by atoms with Crippen LogP contribution in [0.3, 0.4) is 0 Å². The second kappa shape index (κ2) is 8.15. The third kappa shape index (κ3) is 3.61. The van der Waals surface area contributed by atoms with Crippen LogP contribution in [0, 0.1) is 27.7 Å². The largest absolute Gasteiger partial charge is 0.310 e. The van der Waals surface area contributed by atoms with E-state index in [1.807, 2.05) is 30.3 Å². The van der Waals surface area contributed by atoms with Gasteiger partial charge in [0.2, 0.25) is 5.96 Å². The molecule has 0 spiro atoms. The van der Waals surface area contributed by atoms with Crippen LogP contribution in [0.5, 0.6) is 0 Å². The van der Waals surface area contributed by atoms with Gasteiger partial charge in [0.15, 0.2) is 0 Å². The molecule has 0 atom stereocenters. The summed E-state index contributed by atoms with van der Waals surface area (Å²) in [6, 6.07) is 21.9. The molecule has 0 saturated carbocycles. The molecule has 1 heterocycles. The van der Waals surface area contributed by atoms with E-state index in [4.69, 9.17) is 0 Å². The fourth-order valence-electron chi connectivity index (χ4n) is 4.29. The van der Waals surface area contributed by atoms with Crippen molar-refractivity contribution in [2.75, 3.05) is 22.9 Å². The number of carbonyl (C=O) groups excluding carboxylic acids is 1. The lowest BCUT2D eigenvalue weighted by molar-refractivity contribution is 0.100. The molecule has 1 aliphatic rings. The standard InChI is InChI=1S/C26H27N3O/c1-18-10-8-11-19(2)23(18)28-16-17-29(24-20(3)12-9-13-21(24)4)26(28)27-25(30)22-14-6-5-7-15-22/h5-15H,16-17H2,1-4H3. The lowest BCUT2D eigenvalue weighted by Gasteiger charge is -2.27. The average molecular weight is 398 g/mol. The van der Waals surface area contributed by atoms with E-state index in [0.29, 0.717) is 11.5 Å². The number of anilines is 2. The van der Waals surface area contributed by atoms with Gasteiger partial charge in [0, 0.05) is 30.0 Å². The fourth-order valence-corrected chi connectivity index (χ4v) is 4.29. The molecule has 30 heavy (non-hydrogen) atoms. The zero-order chi connectivity index (χ0) is 21.3. The minimum Gasteiger partial charge on any atom is -0.310 e. The molecule has 0 aliphatic carbocycles. The maximum atomic E-state index is 13.1. The van der Waals surface area contributed by atoms with Crippen LogP contribution in [0.15, 0.2) is 71.7 Å². The minimum absolute atomic E-state index is 0.222. The first-order valence-electron chi connectivity index (χ1n) is 10.3. The van der Waals surface area contributed by atoms with Crippen LogP contribution in [0.2, 0.25) is 0 Å². The van der Waals surface area contributed by atoms with Gasteiger partial charge < -0.3 is 9.80 Å². The van der Waals surface area contributed by atoms with Crippen LogP contribution in [-0.2, 0) is 0 Å². The number of guanidine groups is 1. The van der Waals surface area contributed by atoms with Crippen LogP contribution in [0.1, 0.15) is 32.6 Å². The van der Waals surface area contributed by atoms with Gasteiger partial charge >= 0.3 is 0 Å². The van der Waals surface area contributed by atoms with Gasteiger partial charge in [0.25, 0.3) is 5.91 Å². The third-order valence-corrected chi connectivity index (χ3v) is 5.67. The number of hydrogen-bond donors (Lipinski definition) is 0. The van der Waals surface area contributed by atoms with E-state index in [2.05, 4.69) is 78.9 Å². The number of hydrogen-bond acceptors (Lipinski definition) is 1. The van der Waals surface area contributed by atoms with Gasteiger partial charge in [-0.3, -0.25) is 4.79 Å². The summed E-state index contributed by atoms with van der Waals surface area (Å²) in [6.07, 6.45) is 0. The predicted octanol–water partition coefficient (Wildman–Crippen LogP) is 5.44. The lowest BCUT2D eigenvalue weighted by Crippen LogP contribution is -2.36. The minimum atomic E-state index is -0.222. The van der Waals surface area contributed by atoms with Gasteiger partial charge in [-0.25, -0.2) is 0 Å². The zero-order valence-electron chi connectivity index (χ0n) is 18.0. The molecule has 0 unspecified atom stereocenters. The summed E-state index contributed by atoms with van der Waals surface area (Å²) in [5, 5.41) is 0. The Morgan fingerprint density at radius 3 is 1.53 bits per heavy atom. The lowest BCUT2D eigenvalue weighted by atomic mass is 10.1. The van der Waals surface area contributed by atoms with Crippen molar-refractivity contribution in [3.8, 4) is 0 Å². The Morgan fingerprint density at radius 1 is 0.667 bits per heavy atom. The molecule has 0 radical (unpaired) electrons. The van der Waals surface area contributed by atoms with Crippen LogP contribution in [0.25, 0.3) is 0 Å². The molecule has 0 bridgehead atoms. The molecular formula is C26H27N3O. The monoisotopic (exact) mass is 397 g/mol. The van der Waals surface area contributed by atoms with Crippen molar-refractivity contribution in [1.29, 1.82) is 0 Å². The average Bonchev–Trinajstić information content (AvgIpc) is 3.11. The first-order chi connectivity index (χ1) is 14.5. The molecule has 0 N–H and O–H groups in total. The predicted molar refractivity (Wildman–Crippen MR) is 125 cm³/mol. The van der Waals surface area contributed by atoms with E-state index >= 15 is 0 Å². The van der Waals surface area contributed by atoms with Crippen LogP contribution < -0.4 is 9.80 Å². The maximum absolute atomic E-state index is 13.1. The van der Waals surface area contributed by atoms with Gasteiger partial charge in [-0.05, 0) is 62.1 Å². The Balaban J connectivity index is 1.86. The Bertz CT molecular complexity index is 1020. The molecular weight excluding hydrogens is 370 g/mol. The molecule has 0 aromatic heterocycles. The summed E-state index contributed by atoms with van der Waals surface area (Å²) in [5.41, 5.74) is 7.57. The van der Waals surface area contributed by atoms with Gasteiger partial charge in [-0.15, -0.1) is 0 Å². The van der Waals surface area contributed by atoms with Crippen molar-refractivity contribution in [2.24, 2.45) is 4.99 Å². The van der Waals surface area contributed by atoms with Gasteiger partial charge in [-0.1, -0.05) is 54.6 Å². The Labute approximate surface area is 178 Å². The third-order valence-electron chi connectivity index (χ3n) is 5.67. The summed E-state index contributed by atoms with van der Waals surface area (Å²) >= 11 is 0. The van der Waals surface area contributed by atoms with E-state index in [9.17, 15) is 4.79 Å². The molecule has 3 aromatic rings. The Morgan fingerprint density at radius 2 is 1.10 bits per heavy atom. The summed E-state index contributed by atoms with van der Waals surface area (Å²) in [5.74, 6) is 0.471. The van der Waals surface area contributed by atoms with Crippen molar-refractivity contribution in [2.45, 2.75) is 27.7 Å². The highest BCUT2D eigenvalue weighted by Gasteiger charge is 2.32. The van der Waals surface area contributed by atoms with Gasteiger partial charge in [0.1, 0.15) is 0 Å². The molecule has 1 fully saturated rings. The fraction of sp³-hybridized carbons (Fsp3) is 0.231. The topological polar surface area (TPSA) is 35.9 Å². The number of para-hydroxylation sites is 2. The SMILES string of the molecule is Cc1cccc(C)c1N1CCN(c2c(C)cccc2C)C1=NC(=O)c1ccccc1. The molecule has 1 aliphatic heterocycles. The summed E-state index contributed by atoms with van der Waals surface area (Å²) in [6.45, 7) is 10.0. The molecule has 4 nitrogen and oxygen atoms in total. The Kier molecular flexibility index (Phi) is 5.40. The molecule has 4 heteroatoms. The number of aliphatic imine (C=N–C) groups is 1. The first kappa shape index (κ1) is 19.9. The van der Waals surface area contributed by atoms with Crippen LogP contribution >= 0.6 is 0 Å². The summed E-state index contributed by atoms with van der Waals surface area (Å²) in [7, 11) is 0. The second-order valence-corrected chi connectivity index (χ2v) is 7.87. The van der Waals surface area contributed by atoms with Crippen molar-refractivity contribution >= 4 is 23.2 Å². The first-order valence-corrected chi connectivity index (χ1v) is 10.3. The zero-order valence-corrected chi connectivity index (χ0v) is 18.0. The number of aryl methyl sites for hydroxylation is 4. The number of amides is 1. The van der Waals surface area contributed by atoms with Crippen molar-refractivity contribution in [1.82, 2.24) is 0 Å². The quantitative estimate of drug-likeness (QED) is 0.590. The van der Waals surface area contributed by atoms with Crippen molar-refractivity contribution < 1.29 is 4.79 Å². The Hall–Kier alpha value is -3.40. The number of benzene rings is 3. The van der Waals surface area contributed by atoms with E-state index in [1.54, 1.807) is 0 Å². The van der Waals surface area contributed by atoms with Gasteiger partial charge in [0.05, 0.1) is 0 Å². The number of carbonyl (C=O) groups is 1. The van der Waals surface area contributed by atoms with E-state index in [0.717, 1.165) is 24.5 Å². The van der Waals surface area contributed by atoms with Crippen LogP contribution in [0.4, 0.5) is 11.4 Å². The highest BCUT2D eigenvalue weighted by atomic mass is 16.1. The highest BCUT2D eigenvalue weighted by Crippen LogP contribution is 2.33. The van der Waals surface area contributed by atoms with Crippen molar-refractivity contribution in [3.05, 3.63) is 94.5 Å². The van der Waals surface area contributed by atoms with Crippen molar-refractivity contribution in [3.63, 3.8) is 0 Å². The molecule has 1 saturated heterocycles. The molecule has 3 aromatic carbocycles. The van der Waals surface area contributed by atoms with Gasteiger partial charge in [-0.2, -0.15) is 4.99 Å². The normalized spacial score (nSPS) is 13.7. The van der Waals surface area contributed by atoms with Crippen LogP contribution in [-0.4, -0.2) is 25.0 Å². The molecule has 4 rings (SSSR count). The molecule has 1 amide bonds. The smallest absolute Gasteiger partial charge is 0.280 e. The second-order valence-electron chi connectivity index (χ2n) is 7.87. The maximum Gasteiger partial charge on any atom is 0.280 e. The molecule has 152 valence electrons. The number of nitrogens with zero attached hydrogens (tertiary/aromatic N) is 3. The number of rotatable bonds is 3. The summed E-state index contributed by atoms with van der Waals surface area (Å²) in [4.78, 5) is 22.1. The van der Waals surface area contributed by atoms with E-state index in [1.165, 1.54) is 22.3 Å². The van der Waals surface area contributed by atoms with E-state index < -0.39 is 0 Å². The highest BCUT2D eigenvalue weighted by molar-refractivity contribution is 6.16. The van der Waals surface area contributed by atoms with E-state index in [-0.39, 0.29) is 5.91 Å².